The maximum atomic E-state index is 11.8. The molecule has 268 valence electrons. The predicted octanol–water partition coefficient (Wildman–Crippen LogP) is 10.7. The Morgan fingerprint density at radius 2 is 1.53 bits per heavy atom. The molecular weight excluding hydrogens is 617 g/mol. The highest BCUT2D eigenvalue weighted by atomic mass is 28.4. The number of aliphatic hydroxyl groups excluding tert-OH is 1. The smallest absolute Gasteiger partial charge is 0.333 e. The Balaban J connectivity index is 1.84. The Morgan fingerprint density at radius 3 is 2.02 bits per heavy atom. The number of rotatable bonds is 11. The first-order chi connectivity index (χ1) is 21.4. The molecule has 7 heteroatoms. The third kappa shape index (κ3) is 9.30. The zero-order valence-corrected chi connectivity index (χ0v) is 34.5. The number of ether oxygens (including phenoxy) is 1. The molecule has 0 radical (unpaired) electrons. The second kappa shape index (κ2) is 14.9. The average Bonchev–Trinajstić information content (AvgIpc) is 3.29. The van der Waals surface area contributed by atoms with Crippen LogP contribution in [0.5, 0.6) is 0 Å². The van der Waals surface area contributed by atoms with Gasteiger partial charge in [0.15, 0.2) is 16.6 Å². The summed E-state index contributed by atoms with van der Waals surface area (Å²) in [4.78, 5) is 11.8. The Labute approximate surface area is 291 Å². The van der Waals surface area contributed by atoms with Crippen LogP contribution in [0.1, 0.15) is 113 Å². The highest BCUT2D eigenvalue weighted by Gasteiger charge is 2.51. The second-order valence-corrected chi connectivity index (χ2v) is 28.1. The SMILES string of the molecule is C=C(C[C@H](O)C[C@@H](C)[C@H]1CC[C@H]2/C(=C/C=C3C[C@@H](O[Si](C)(C)C(C)(C)C)C(=C)[C@H](O[Si](C)(C)C(C)(C)C)C3)CCC[C@]12C)C(=O)OC. The first-order valence-electron chi connectivity index (χ1n) is 18.3. The van der Waals surface area contributed by atoms with E-state index in [9.17, 15) is 9.90 Å². The van der Waals surface area contributed by atoms with Gasteiger partial charge in [0, 0.05) is 12.0 Å². The highest BCUT2D eigenvalue weighted by Crippen LogP contribution is 2.60. The molecule has 0 aromatic rings. The lowest BCUT2D eigenvalue weighted by Crippen LogP contribution is -2.49. The van der Waals surface area contributed by atoms with Crippen LogP contribution in [0.2, 0.25) is 36.3 Å². The van der Waals surface area contributed by atoms with Gasteiger partial charge < -0.3 is 18.7 Å². The van der Waals surface area contributed by atoms with E-state index in [4.69, 9.17) is 13.6 Å². The molecule has 0 bridgehead atoms. The Bertz CT molecular complexity index is 1170. The van der Waals surface area contributed by atoms with E-state index in [1.165, 1.54) is 38.4 Å². The quantitative estimate of drug-likeness (QED) is 0.101. The van der Waals surface area contributed by atoms with Crippen LogP contribution in [0, 0.1) is 23.2 Å². The number of esters is 1. The third-order valence-corrected chi connectivity index (χ3v) is 22.0. The van der Waals surface area contributed by atoms with Gasteiger partial charge in [-0.05, 0) is 116 Å². The van der Waals surface area contributed by atoms with Crippen LogP contribution < -0.4 is 0 Å². The number of aliphatic hydroxyl groups is 1. The predicted molar refractivity (Wildman–Crippen MR) is 202 cm³/mol. The fourth-order valence-electron chi connectivity index (χ4n) is 8.09. The summed E-state index contributed by atoms with van der Waals surface area (Å²) in [6.07, 6.45) is 13.0. The minimum Gasteiger partial charge on any atom is -0.466 e. The minimum absolute atomic E-state index is 0.0147. The summed E-state index contributed by atoms with van der Waals surface area (Å²) in [5.41, 5.74) is 4.71. The average molecular weight is 687 g/mol. The van der Waals surface area contributed by atoms with Gasteiger partial charge in [0.2, 0.25) is 0 Å². The molecule has 0 saturated heterocycles. The second-order valence-electron chi connectivity index (χ2n) is 18.5. The zero-order valence-electron chi connectivity index (χ0n) is 32.5. The number of hydrogen-bond donors (Lipinski definition) is 1. The molecule has 0 aromatic heterocycles. The van der Waals surface area contributed by atoms with E-state index >= 15 is 0 Å². The van der Waals surface area contributed by atoms with Crippen molar-refractivity contribution in [1.82, 2.24) is 0 Å². The minimum atomic E-state index is -2.01. The number of fused-ring (bicyclic) bond motifs is 1. The Hall–Kier alpha value is -1.26. The maximum Gasteiger partial charge on any atom is 0.333 e. The molecule has 0 aliphatic heterocycles. The molecule has 0 amide bonds. The van der Waals surface area contributed by atoms with E-state index in [1.54, 1.807) is 5.57 Å². The first-order valence-corrected chi connectivity index (χ1v) is 24.1. The van der Waals surface area contributed by atoms with Crippen LogP contribution >= 0.6 is 0 Å². The normalized spacial score (nSPS) is 29.8. The fraction of sp³-hybridized carbons (Fsp3) is 0.775. The van der Waals surface area contributed by atoms with Crippen molar-refractivity contribution in [2.24, 2.45) is 23.2 Å². The highest BCUT2D eigenvalue weighted by molar-refractivity contribution is 6.74. The van der Waals surface area contributed by atoms with Crippen LogP contribution in [0.25, 0.3) is 0 Å². The molecule has 3 aliphatic carbocycles. The van der Waals surface area contributed by atoms with Gasteiger partial charge in [-0.3, -0.25) is 0 Å². The van der Waals surface area contributed by atoms with Gasteiger partial charge in [-0.25, -0.2) is 4.79 Å². The van der Waals surface area contributed by atoms with E-state index in [2.05, 4.69) is 107 Å². The first kappa shape index (κ1) is 40.2. The molecule has 0 aromatic carbocycles. The molecule has 5 nitrogen and oxygen atoms in total. The molecule has 7 atom stereocenters. The van der Waals surface area contributed by atoms with Gasteiger partial charge in [-0.15, -0.1) is 0 Å². The molecule has 0 heterocycles. The Kier molecular flexibility index (Phi) is 12.8. The standard InChI is InChI=1S/C40H70O5Si2/c1-27(23-32(41)24-28(2)37(42)43-11)33-20-21-34-31(17-16-22-40(33,34)10)19-18-30-25-35(44-46(12,13)38(4,5)6)29(3)36(26-30)45-47(14,15)39(7,8)9/h18-19,27,32-36,41H,2-3,16-17,20-26H2,1,4-15H3/b31-19+/t27-,32-,33-,34+,35-,36-,40-/m1/s1. The molecule has 3 fully saturated rings. The van der Waals surface area contributed by atoms with E-state index in [-0.39, 0.29) is 34.1 Å². The van der Waals surface area contributed by atoms with Crippen LogP contribution in [0.15, 0.2) is 47.6 Å². The van der Waals surface area contributed by atoms with Crippen molar-refractivity contribution in [2.75, 3.05) is 7.11 Å². The molecule has 3 rings (SSSR count). The number of allylic oxidation sites excluding steroid dienone is 3. The van der Waals surface area contributed by atoms with Crippen LogP contribution in [0.4, 0.5) is 0 Å². The van der Waals surface area contributed by atoms with Gasteiger partial charge in [-0.2, -0.15) is 0 Å². The van der Waals surface area contributed by atoms with E-state index in [0.29, 0.717) is 29.7 Å². The lowest BCUT2D eigenvalue weighted by Gasteiger charge is -2.46. The molecule has 0 unspecified atom stereocenters. The summed E-state index contributed by atoms with van der Waals surface area (Å²) < 4.78 is 18.9. The van der Waals surface area contributed by atoms with E-state index in [0.717, 1.165) is 24.8 Å². The number of carbonyl (C=O) groups excluding carboxylic acids is 1. The van der Waals surface area contributed by atoms with Crippen molar-refractivity contribution in [2.45, 2.75) is 168 Å². The summed E-state index contributed by atoms with van der Waals surface area (Å²) in [6.45, 7) is 36.5. The number of carbonyl (C=O) groups is 1. The van der Waals surface area contributed by atoms with Crippen molar-refractivity contribution in [3.63, 3.8) is 0 Å². The summed E-state index contributed by atoms with van der Waals surface area (Å²) in [6, 6.07) is 0. The fourth-order valence-corrected chi connectivity index (χ4v) is 10.7. The van der Waals surface area contributed by atoms with Gasteiger partial charge in [0.25, 0.3) is 0 Å². The van der Waals surface area contributed by atoms with Gasteiger partial charge in [0.1, 0.15) is 0 Å². The van der Waals surface area contributed by atoms with Crippen molar-refractivity contribution in [3.05, 3.63) is 47.6 Å². The molecule has 3 aliphatic rings. The van der Waals surface area contributed by atoms with E-state index < -0.39 is 28.7 Å². The summed E-state index contributed by atoms with van der Waals surface area (Å²) in [5, 5.41) is 11.1. The Morgan fingerprint density at radius 1 is 1.00 bits per heavy atom. The molecular formula is C40H70O5Si2. The van der Waals surface area contributed by atoms with Gasteiger partial charge in [-0.1, -0.05) is 91.8 Å². The monoisotopic (exact) mass is 686 g/mol. The van der Waals surface area contributed by atoms with E-state index in [1.807, 2.05) is 0 Å². The van der Waals surface area contributed by atoms with Crippen molar-refractivity contribution < 1.29 is 23.5 Å². The van der Waals surface area contributed by atoms with Crippen LogP contribution in [0.3, 0.4) is 0 Å². The summed E-state index contributed by atoms with van der Waals surface area (Å²) >= 11 is 0. The lowest BCUT2D eigenvalue weighted by atomic mass is 9.60. The molecule has 1 N–H and O–H groups in total. The van der Waals surface area contributed by atoms with Crippen molar-refractivity contribution in [3.8, 4) is 0 Å². The summed E-state index contributed by atoms with van der Waals surface area (Å²) in [5.74, 6) is 1.06. The van der Waals surface area contributed by atoms with Crippen LogP contribution in [-0.2, 0) is 18.4 Å². The topological polar surface area (TPSA) is 65.0 Å². The van der Waals surface area contributed by atoms with Crippen molar-refractivity contribution in [1.29, 1.82) is 0 Å². The number of methoxy groups -OCH3 is 1. The summed E-state index contributed by atoms with van der Waals surface area (Å²) in [7, 11) is -2.66. The van der Waals surface area contributed by atoms with Crippen molar-refractivity contribution >= 4 is 22.6 Å². The maximum absolute atomic E-state index is 11.8. The van der Waals surface area contributed by atoms with Crippen LogP contribution in [-0.4, -0.2) is 53.1 Å². The lowest BCUT2D eigenvalue weighted by molar-refractivity contribution is -0.136. The van der Waals surface area contributed by atoms with Gasteiger partial charge >= 0.3 is 5.97 Å². The molecule has 3 saturated carbocycles. The van der Waals surface area contributed by atoms with Gasteiger partial charge in [0.05, 0.1) is 25.4 Å². The number of hydrogen-bond acceptors (Lipinski definition) is 5. The molecule has 47 heavy (non-hydrogen) atoms. The zero-order chi connectivity index (χ0) is 35.8. The molecule has 0 spiro atoms. The third-order valence-electron chi connectivity index (χ3n) is 13.1. The largest absolute Gasteiger partial charge is 0.466 e.